The zero-order valence-electron chi connectivity index (χ0n) is 15.5. The second-order valence-electron chi connectivity index (χ2n) is 6.75. The molecule has 4 rings (SSSR count). The molecule has 0 atom stereocenters. The van der Waals surface area contributed by atoms with Crippen molar-refractivity contribution in [2.45, 2.75) is 32.7 Å². The maximum Gasteiger partial charge on any atom is 0.262 e. The third-order valence-corrected chi connectivity index (χ3v) is 6.05. The van der Waals surface area contributed by atoms with Crippen LogP contribution in [0, 0.1) is 0 Å². The van der Waals surface area contributed by atoms with E-state index in [1.165, 1.54) is 38.1 Å². The Hall–Kier alpha value is -2.39. The van der Waals surface area contributed by atoms with E-state index in [0.717, 1.165) is 19.4 Å². The molecule has 0 fully saturated rings. The Morgan fingerprint density at radius 2 is 2.04 bits per heavy atom. The van der Waals surface area contributed by atoms with Gasteiger partial charge in [-0.3, -0.25) is 0 Å². The van der Waals surface area contributed by atoms with E-state index >= 15 is 0 Å². The molecule has 1 aromatic heterocycles. The molecule has 0 unspecified atom stereocenters. The van der Waals surface area contributed by atoms with Crippen molar-refractivity contribution in [2.24, 2.45) is 0 Å². The van der Waals surface area contributed by atoms with Crippen molar-refractivity contribution < 1.29 is 4.57 Å². The number of hydrogen-bond acceptors (Lipinski definition) is 2. The van der Waals surface area contributed by atoms with Gasteiger partial charge in [-0.25, -0.2) is 0 Å². The zero-order valence-corrected chi connectivity index (χ0v) is 16.3. The zero-order chi connectivity index (χ0) is 17.9. The predicted molar refractivity (Wildman–Crippen MR) is 113 cm³/mol. The van der Waals surface area contributed by atoms with Crippen molar-refractivity contribution in [3.05, 3.63) is 69.1 Å². The number of benzene rings is 1. The summed E-state index contributed by atoms with van der Waals surface area (Å²) in [5.41, 5.74) is 3.80. The minimum Gasteiger partial charge on any atom is -0.351 e. The quantitative estimate of drug-likeness (QED) is 0.750. The number of nitrogens with zero attached hydrogens (tertiary/aromatic N) is 2. The number of thiazole rings is 1. The summed E-state index contributed by atoms with van der Waals surface area (Å²) in [6.07, 6.45) is 19.3. The van der Waals surface area contributed by atoms with Crippen LogP contribution >= 0.6 is 11.3 Å². The molecule has 26 heavy (non-hydrogen) atoms. The highest BCUT2D eigenvalue weighted by Crippen LogP contribution is 2.31. The van der Waals surface area contributed by atoms with Crippen LogP contribution in [0.5, 0.6) is 0 Å². The van der Waals surface area contributed by atoms with E-state index in [-0.39, 0.29) is 0 Å². The number of rotatable bonds is 4. The fraction of sp³-hybridized carbons (Fsp3) is 0.261. The van der Waals surface area contributed by atoms with Gasteiger partial charge in [0.25, 0.3) is 5.01 Å². The molecule has 2 heterocycles. The lowest BCUT2D eigenvalue weighted by Gasteiger charge is -2.23. The van der Waals surface area contributed by atoms with E-state index in [9.17, 15) is 0 Å². The maximum absolute atomic E-state index is 2.48. The molecule has 1 aliphatic carbocycles. The van der Waals surface area contributed by atoms with Crippen LogP contribution in [0.25, 0.3) is 23.8 Å². The number of anilines is 1. The Balaban J connectivity index is 1.69. The normalized spacial score (nSPS) is 17.2. The maximum atomic E-state index is 2.48. The summed E-state index contributed by atoms with van der Waals surface area (Å²) in [7, 11) is 2.10. The predicted octanol–water partition coefficient (Wildman–Crippen LogP) is 3.86. The summed E-state index contributed by atoms with van der Waals surface area (Å²) in [4.78, 5) is 2.17. The van der Waals surface area contributed by atoms with Crippen molar-refractivity contribution >= 4 is 40.8 Å². The second-order valence-corrected chi connectivity index (χ2v) is 7.81. The summed E-state index contributed by atoms with van der Waals surface area (Å²) < 4.78 is 3.91. The molecule has 3 heteroatoms. The molecule has 0 N–H and O–H groups in total. The van der Waals surface area contributed by atoms with E-state index in [2.05, 4.69) is 90.4 Å². The van der Waals surface area contributed by atoms with Crippen LogP contribution < -0.4 is 19.3 Å². The molecule has 2 nitrogen and oxygen atoms in total. The first-order valence-corrected chi connectivity index (χ1v) is 10.2. The van der Waals surface area contributed by atoms with Crippen LogP contribution in [0.1, 0.15) is 36.8 Å². The van der Waals surface area contributed by atoms with Gasteiger partial charge in [-0.15, -0.1) is 0 Å². The Labute approximate surface area is 159 Å². The lowest BCUT2D eigenvalue weighted by atomic mass is 10.00. The molecule has 0 spiro atoms. The summed E-state index contributed by atoms with van der Waals surface area (Å²) in [6, 6.07) is 8.57. The molecular weight excluding hydrogens is 336 g/mol. The van der Waals surface area contributed by atoms with E-state index < -0.39 is 0 Å². The van der Waals surface area contributed by atoms with Gasteiger partial charge in [0.1, 0.15) is 11.1 Å². The lowest BCUT2D eigenvalue weighted by Crippen LogP contribution is -2.54. The van der Waals surface area contributed by atoms with Crippen LogP contribution in [0.2, 0.25) is 0 Å². The topological polar surface area (TPSA) is 7.12 Å². The van der Waals surface area contributed by atoms with Gasteiger partial charge >= 0.3 is 0 Å². The van der Waals surface area contributed by atoms with Crippen LogP contribution in [-0.4, -0.2) is 7.05 Å². The van der Waals surface area contributed by atoms with Gasteiger partial charge in [0, 0.05) is 37.0 Å². The third-order valence-electron chi connectivity index (χ3n) is 4.89. The van der Waals surface area contributed by atoms with Crippen LogP contribution in [-0.2, 0) is 6.54 Å². The van der Waals surface area contributed by atoms with Crippen molar-refractivity contribution in [2.75, 3.05) is 11.9 Å². The summed E-state index contributed by atoms with van der Waals surface area (Å²) in [6.45, 7) is 3.33. The second kappa shape index (κ2) is 7.46. The van der Waals surface area contributed by atoms with Gasteiger partial charge in [-0.1, -0.05) is 54.7 Å². The molecule has 132 valence electrons. The average Bonchev–Trinajstić information content (AvgIpc) is 3.02. The SMILES string of the molecule is CCC[n+]1c(C=CC=C2C=CN(C)c3ccccc32)sc2c1=CCCC=2. The fourth-order valence-electron chi connectivity index (χ4n) is 3.61. The highest BCUT2D eigenvalue weighted by atomic mass is 32.1. The highest BCUT2D eigenvalue weighted by Gasteiger charge is 2.16. The molecule has 0 saturated carbocycles. The van der Waals surface area contributed by atoms with Gasteiger partial charge in [0.05, 0.1) is 0 Å². The van der Waals surface area contributed by atoms with E-state index in [4.69, 9.17) is 0 Å². The molecule has 0 radical (unpaired) electrons. The average molecular weight is 362 g/mol. The third kappa shape index (κ3) is 3.19. The summed E-state index contributed by atoms with van der Waals surface area (Å²) in [5, 5.41) is 2.76. The van der Waals surface area contributed by atoms with Gasteiger partial charge < -0.3 is 4.90 Å². The first-order chi connectivity index (χ1) is 12.8. The van der Waals surface area contributed by atoms with Crippen LogP contribution in [0.4, 0.5) is 5.69 Å². The first kappa shape index (κ1) is 17.0. The van der Waals surface area contributed by atoms with E-state index in [0.29, 0.717) is 0 Å². The van der Waals surface area contributed by atoms with Gasteiger partial charge in [-0.2, -0.15) is 4.57 Å². The number of hydrogen-bond donors (Lipinski definition) is 0. The van der Waals surface area contributed by atoms with Gasteiger partial charge in [0.2, 0.25) is 5.35 Å². The molecule has 0 amide bonds. The molecule has 1 aromatic carbocycles. The van der Waals surface area contributed by atoms with Crippen LogP contribution in [0.3, 0.4) is 0 Å². The van der Waals surface area contributed by atoms with Crippen molar-refractivity contribution in [3.63, 3.8) is 0 Å². The Kier molecular flexibility index (Phi) is 4.89. The largest absolute Gasteiger partial charge is 0.351 e. The van der Waals surface area contributed by atoms with Gasteiger partial charge in [-0.05, 0) is 36.6 Å². The fourth-order valence-corrected chi connectivity index (χ4v) is 4.78. The van der Waals surface area contributed by atoms with Crippen molar-refractivity contribution in [1.29, 1.82) is 0 Å². The molecule has 1 aliphatic heterocycles. The lowest BCUT2D eigenvalue weighted by molar-refractivity contribution is -0.706. The van der Waals surface area contributed by atoms with Crippen molar-refractivity contribution in [3.8, 4) is 0 Å². The van der Waals surface area contributed by atoms with Gasteiger partial charge in [0.15, 0.2) is 0 Å². The summed E-state index contributed by atoms with van der Waals surface area (Å²) >= 11 is 1.91. The Bertz CT molecular complexity index is 1020. The highest BCUT2D eigenvalue weighted by molar-refractivity contribution is 7.10. The van der Waals surface area contributed by atoms with Crippen molar-refractivity contribution in [1.82, 2.24) is 0 Å². The minimum absolute atomic E-state index is 1.08. The molecule has 0 bridgehead atoms. The molecular formula is C23H25N2S+. The number of fused-ring (bicyclic) bond motifs is 2. The Morgan fingerprint density at radius 3 is 2.92 bits per heavy atom. The standard InChI is InChI=1S/C23H25N2S/c1-3-16-25-21-12-6-7-13-22(21)26-23(25)14-8-9-18-15-17-24(2)20-11-5-4-10-19(18)20/h4-5,8-15,17H,3,6-7,16H2,1-2H3/q+1. The molecule has 0 saturated heterocycles. The number of aromatic nitrogens is 1. The smallest absolute Gasteiger partial charge is 0.262 e. The van der Waals surface area contributed by atoms with Crippen LogP contribution in [0.15, 0.2) is 48.7 Å². The monoisotopic (exact) mass is 361 g/mol. The number of allylic oxidation sites excluding steroid dienone is 4. The first-order valence-electron chi connectivity index (χ1n) is 9.40. The number of para-hydroxylation sites is 1. The Morgan fingerprint density at radius 1 is 1.19 bits per heavy atom. The molecule has 2 aliphatic rings. The minimum atomic E-state index is 1.08. The molecule has 2 aromatic rings. The van der Waals surface area contributed by atoms with E-state index in [1.807, 2.05) is 11.3 Å². The van der Waals surface area contributed by atoms with E-state index in [1.54, 1.807) is 0 Å². The summed E-state index contributed by atoms with van der Waals surface area (Å²) in [5.74, 6) is 0.